The van der Waals surface area contributed by atoms with Crippen molar-refractivity contribution in [3.05, 3.63) is 45.1 Å². The quantitative estimate of drug-likeness (QED) is 0.661. The fourth-order valence-electron chi connectivity index (χ4n) is 1.42. The number of hydrogen-bond acceptors (Lipinski definition) is 2. The molecule has 3 N–H and O–H groups in total. The van der Waals surface area contributed by atoms with Gasteiger partial charge in [-0.1, -0.05) is 11.6 Å². The van der Waals surface area contributed by atoms with E-state index in [0.717, 1.165) is 15.9 Å². The minimum atomic E-state index is 0.0342. The van der Waals surface area contributed by atoms with Crippen LogP contribution in [0, 0.1) is 12.3 Å². The first-order valence-electron chi connectivity index (χ1n) is 4.85. The van der Waals surface area contributed by atoms with E-state index >= 15 is 0 Å². The first kappa shape index (κ1) is 12.1. The van der Waals surface area contributed by atoms with E-state index in [2.05, 4.69) is 21.0 Å². The Morgan fingerprint density at radius 1 is 1.53 bits per heavy atom. The molecule has 17 heavy (non-hydrogen) atoms. The SMILES string of the molecule is Cc1nn(-c2ccc(C(=N)N)cc2Br)cc1Cl. The van der Waals surface area contributed by atoms with Gasteiger partial charge in [-0.25, -0.2) is 4.68 Å². The van der Waals surface area contributed by atoms with Crippen molar-refractivity contribution < 1.29 is 0 Å². The van der Waals surface area contributed by atoms with Gasteiger partial charge in [-0.3, -0.25) is 5.41 Å². The summed E-state index contributed by atoms with van der Waals surface area (Å²) in [6, 6.07) is 5.39. The number of aromatic nitrogens is 2. The van der Waals surface area contributed by atoms with Crippen molar-refractivity contribution in [3.8, 4) is 5.69 Å². The van der Waals surface area contributed by atoms with E-state index in [0.29, 0.717) is 10.6 Å². The van der Waals surface area contributed by atoms with Crippen LogP contribution in [0.1, 0.15) is 11.3 Å². The van der Waals surface area contributed by atoms with Gasteiger partial charge in [-0.05, 0) is 41.1 Å². The Hall–Kier alpha value is -1.33. The average Bonchev–Trinajstić information content (AvgIpc) is 2.58. The Balaban J connectivity index is 2.50. The predicted octanol–water partition coefficient (Wildman–Crippen LogP) is 2.88. The van der Waals surface area contributed by atoms with E-state index in [9.17, 15) is 0 Å². The molecule has 0 atom stereocenters. The molecule has 0 amide bonds. The van der Waals surface area contributed by atoms with Crippen LogP contribution >= 0.6 is 27.5 Å². The zero-order valence-corrected chi connectivity index (χ0v) is 11.4. The predicted molar refractivity (Wildman–Crippen MR) is 72.0 cm³/mol. The molecule has 0 saturated heterocycles. The third-order valence-corrected chi connectivity index (χ3v) is 3.35. The summed E-state index contributed by atoms with van der Waals surface area (Å²) in [6.07, 6.45) is 1.74. The summed E-state index contributed by atoms with van der Waals surface area (Å²) >= 11 is 9.39. The maximum absolute atomic E-state index is 7.36. The standard InChI is InChI=1S/C11H10BrClN4/c1-6-9(13)5-17(16-6)10-3-2-7(11(14)15)4-8(10)12/h2-5H,1H3,(H3,14,15). The highest BCUT2D eigenvalue weighted by atomic mass is 79.9. The Kier molecular flexibility index (Phi) is 3.22. The molecule has 2 rings (SSSR count). The van der Waals surface area contributed by atoms with Gasteiger partial charge in [0.05, 0.1) is 16.4 Å². The lowest BCUT2D eigenvalue weighted by Gasteiger charge is -2.06. The number of halogens is 2. The lowest BCUT2D eigenvalue weighted by Crippen LogP contribution is -2.11. The zero-order chi connectivity index (χ0) is 12.6. The van der Waals surface area contributed by atoms with Crippen LogP contribution in [-0.2, 0) is 0 Å². The minimum Gasteiger partial charge on any atom is -0.384 e. The van der Waals surface area contributed by atoms with Crippen molar-refractivity contribution in [2.75, 3.05) is 0 Å². The Bertz CT molecular complexity index is 572. The largest absolute Gasteiger partial charge is 0.384 e. The number of nitrogens with two attached hydrogens (primary N) is 1. The van der Waals surface area contributed by atoms with Crippen LogP contribution in [0.3, 0.4) is 0 Å². The molecule has 1 heterocycles. The molecule has 0 unspecified atom stereocenters. The summed E-state index contributed by atoms with van der Waals surface area (Å²) in [7, 11) is 0. The number of amidine groups is 1. The van der Waals surface area contributed by atoms with E-state index in [4.69, 9.17) is 22.7 Å². The molecule has 0 aliphatic rings. The molecule has 2 aromatic rings. The molecular weight excluding hydrogens is 304 g/mol. The lowest BCUT2D eigenvalue weighted by molar-refractivity contribution is 0.858. The second-order valence-corrected chi connectivity index (χ2v) is 4.85. The smallest absolute Gasteiger partial charge is 0.122 e. The van der Waals surface area contributed by atoms with E-state index in [1.807, 2.05) is 13.0 Å². The number of hydrogen-bond donors (Lipinski definition) is 2. The normalized spacial score (nSPS) is 10.5. The molecule has 1 aromatic heterocycles. The Labute approximate surface area is 112 Å². The van der Waals surface area contributed by atoms with Crippen LogP contribution in [0.25, 0.3) is 5.69 Å². The van der Waals surface area contributed by atoms with Gasteiger partial charge in [0.25, 0.3) is 0 Å². The fourth-order valence-corrected chi connectivity index (χ4v) is 2.11. The number of aryl methyl sites for hydroxylation is 1. The molecule has 0 bridgehead atoms. The maximum Gasteiger partial charge on any atom is 0.122 e. The number of nitrogens with zero attached hydrogens (tertiary/aromatic N) is 2. The second-order valence-electron chi connectivity index (χ2n) is 3.59. The average molecular weight is 314 g/mol. The van der Waals surface area contributed by atoms with E-state index in [-0.39, 0.29) is 5.84 Å². The highest BCUT2D eigenvalue weighted by Crippen LogP contribution is 2.24. The Morgan fingerprint density at radius 2 is 2.24 bits per heavy atom. The van der Waals surface area contributed by atoms with Crippen LogP contribution in [0.2, 0.25) is 5.02 Å². The topological polar surface area (TPSA) is 67.7 Å². The van der Waals surface area contributed by atoms with E-state index in [1.54, 1.807) is 23.0 Å². The molecule has 0 fully saturated rings. The van der Waals surface area contributed by atoms with Crippen molar-refractivity contribution in [1.29, 1.82) is 5.41 Å². The molecule has 4 nitrogen and oxygen atoms in total. The van der Waals surface area contributed by atoms with Gasteiger partial charge in [0.15, 0.2) is 0 Å². The number of nitrogen functional groups attached to an aromatic ring is 1. The second kappa shape index (κ2) is 4.50. The summed E-state index contributed by atoms with van der Waals surface area (Å²) in [6.45, 7) is 1.84. The third-order valence-electron chi connectivity index (χ3n) is 2.34. The summed E-state index contributed by atoms with van der Waals surface area (Å²) in [5.41, 5.74) is 7.71. The van der Waals surface area contributed by atoms with Gasteiger partial charge in [-0.2, -0.15) is 5.10 Å². The van der Waals surface area contributed by atoms with Crippen LogP contribution in [0.15, 0.2) is 28.9 Å². The van der Waals surface area contributed by atoms with Gasteiger partial charge >= 0.3 is 0 Å². The zero-order valence-electron chi connectivity index (χ0n) is 9.04. The highest BCUT2D eigenvalue weighted by molar-refractivity contribution is 9.10. The van der Waals surface area contributed by atoms with Gasteiger partial charge in [0.1, 0.15) is 5.84 Å². The van der Waals surface area contributed by atoms with Gasteiger partial charge in [0, 0.05) is 16.2 Å². The maximum atomic E-state index is 7.36. The van der Waals surface area contributed by atoms with Crippen LogP contribution in [0.4, 0.5) is 0 Å². The van der Waals surface area contributed by atoms with E-state index in [1.165, 1.54) is 0 Å². The summed E-state index contributed by atoms with van der Waals surface area (Å²) in [4.78, 5) is 0. The molecule has 0 saturated carbocycles. The van der Waals surface area contributed by atoms with Crippen LogP contribution in [0.5, 0.6) is 0 Å². The molecule has 0 radical (unpaired) electrons. The Morgan fingerprint density at radius 3 is 2.71 bits per heavy atom. The van der Waals surface area contributed by atoms with Crippen molar-refractivity contribution in [3.63, 3.8) is 0 Å². The van der Waals surface area contributed by atoms with Crippen molar-refractivity contribution in [2.24, 2.45) is 5.73 Å². The first-order chi connectivity index (χ1) is 7.99. The fraction of sp³-hybridized carbons (Fsp3) is 0.0909. The lowest BCUT2D eigenvalue weighted by atomic mass is 10.2. The van der Waals surface area contributed by atoms with Crippen LogP contribution < -0.4 is 5.73 Å². The molecule has 0 aliphatic carbocycles. The molecule has 1 aromatic carbocycles. The summed E-state index contributed by atoms with van der Waals surface area (Å²) < 4.78 is 2.50. The van der Waals surface area contributed by atoms with E-state index < -0.39 is 0 Å². The number of nitrogens with one attached hydrogen (secondary N) is 1. The highest BCUT2D eigenvalue weighted by Gasteiger charge is 2.08. The van der Waals surface area contributed by atoms with Gasteiger partial charge in [-0.15, -0.1) is 0 Å². The monoisotopic (exact) mass is 312 g/mol. The van der Waals surface area contributed by atoms with Gasteiger partial charge < -0.3 is 5.73 Å². The molecule has 0 spiro atoms. The molecule has 6 heteroatoms. The third kappa shape index (κ3) is 2.35. The summed E-state index contributed by atoms with van der Waals surface area (Å²) in [5, 5.41) is 12.3. The minimum absolute atomic E-state index is 0.0342. The van der Waals surface area contributed by atoms with Crippen molar-refractivity contribution in [2.45, 2.75) is 6.92 Å². The number of benzene rings is 1. The first-order valence-corrected chi connectivity index (χ1v) is 6.02. The van der Waals surface area contributed by atoms with Crippen LogP contribution in [-0.4, -0.2) is 15.6 Å². The molecule has 0 aliphatic heterocycles. The van der Waals surface area contributed by atoms with Crippen molar-refractivity contribution in [1.82, 2.24) is 9.78 Å². The molecule has 88 valence electrons. The number of rotatable bonds is 2. The van der Waals surface area contributed by atoms with Gasteiger partial charge in [0.2, 0.25) is 0 Å². The van der Waals surface area contributed by atoms with Crippen molar-refractivity contribution >= 4 is 33.4 Å². The molecular formula is C11H10BrClN4. The summed E-state index contributed by atoms with van der Waals surface area (Å²) in [5.74, 6) is 0.0342.